The van der Waals surface area contributed by atoms with Gasteiger partial charge in [0.15, 0.2) is 0 Å². The number of amides is 2. The molecule has 1 aromatic rings. The predicted octanol–water partition coefficient (Wildman–Crippen LogP) is 3.79. The molecule has 0 radical (unpaired) electrons. The van der Waals surface area contributed by atoms with Crippen molar-refractivity contribution in [1.82, 2.24) is 10.2 Å². The molecule has 4 nitrogen and oxygen atoms in total. The molecule has 1 saturated carbocycles. The largest absolute Gasteiger partial charge is 0.393 e. The molecule has 0 aromatic heterocycles. The van der Waals surface area contributed by atoms with Crippen LogP contribution in [0.15, 0.2) is 24.3 Å². The molecule has 0 heterocycles. The second kappa shape index (κ2) is 7.88. The van der Waals surface area contributed by atoms with Crippen LogP contribution in [0.2, 0.25) is 0 Å². The summed E-state index contributed by atoms with van der Waals surface area (Å²) in [6.07, 6.45) is -1.50. The van der Waals surface area contributed by atoms with E-state index in [4.69, 9.17) is 0 Å². The van der Waals surface area contributed by atoms with Gasteiger partial charge in [-0.1, -0.05) is 18.2 Å². The summed E-state index contributed by atoms with van der Waals surface area (Å²) in [5.41, 5.74) is 0.266. The fraction of sp³-hybridized carbons (Fsp3) is 0.588. The minimum Gasteiger partial charge on any atom is -0.335 e. The van der Waals surface area contributed by atoms with E-state index in [9.17, 15) is 18.0 Å². The van der Waals surface area contributed by atoms with E-state index in [0.717, 1.165) is 25.7 Å². The van der Waals surface area contributed by atoms with Gasteiger partial charge in [0.2, 0.25) is 0 Å². The molecule has 2 atom stereocenters. The number of halogens is 3. The Kier molecular flexibility index (Phi) is 6.10. The summed E-state index contributed by atoms with van der Waals surface area (Å²) in [5.74, 6) is 0. The topological polar surface area (TPSA) is 44.4 Å². The molecular weight excluding hydrogens is 319 g/mol. The summed E-state index contributed by atoms with van der Waals surface area (Å²) in [7, 11) is 4.03. The molecule has 24 heavy (non-hydrogen) atoms. The average molecular weight is 343 g/mol. The standard InChI is InChI=1S/C17H24F3N3O/c1-23(2)14-8-5-7-13(10-14)21-16(24)22-15-9-4-3-6-12(15)11-17(18,19)20/h3-4,6,9,13-14H,5,7-8,10-11H2,1-2H3,(H2,21,22,24)/t13-,14-/m0/s1. The number of hydrogen-bond donors (Lipinski definition) is 2. The number of alkyl halides is 3. The molecule has 0 bridgehead atoms. The summed E-state index contributed by atoms with van der Waals surface area (Å²) in [5, 5.41) is 5.45. The number of benzene rings is 1. The molecular formula is C17H24F3N3O. The fourth-order valence-corrected chi connectivity index (χ4v) is 3.12. The van der Waals surface area contributed by atoms with E-state index < -0.39 is 18.6 Å². The van der Waals surface area contributed by atoms with Crippen LogP contribution in [0, 0.1) is 0 Å². The highest BCUT2D eigenvalue weighted by molar-refractivity contribution is 5.90. The van der Waals surface area contributed by atoms with Crippen LogP contribution in [0.5, 0.6) is 0 Å². The molecule has 0 saturated heterocycles. The lowest BCUT2D eigenvalue weighted by Crippen LogP contribution is -2.45. The molecule has 0 unspecified atom stereocenters. The molecule has 134 valence electrons. The van der Waals surface area contributed by atoms with Crippen LogP contribution >= 0.6 is 0 Å². The van der Waals surface area contributed by atoms with E-state index in [0.29, 0.717) is 6.04 Å². The lowest BCUT2D eigenvalue weighted by atomic mass is 9.90. The van der Waals surface area contributed by atoms with Crippen LogP contribution < -0.4 is 10.6 Å². The molecule has 1 fully saturated rings. The van der Waals surface area contributed by atoms with Crippen LogP contribution in [-0.4, -0.2) is 43.3 Å². The molecule has 2 N–H and O–H groups in total. The van der Waals surface area contributed by atoms with Gasteiger partial charge in [-0.05, 0) is 51.4 Å². The van der Waals surface area contributed by atoms with Crippen molar-refractivity contribution in [2.45, 2.75) is 50.4 Å². The van der Waals surface area contributed by atoms with Crippen molar-refractivity contribution in [2.24, 2.45) is 0 Å². The minimum atomic E-state index is -4.31. The highest BCUT2D eigenvalue weighted by Gasteiger charge is 2.29. The number of urea groups is 1. The summed E-state index contributed by atoms with van der Waals surface area (Å²) in [4.78, 5) is 14.3. The number of hydrogen-bond acceptors (Lipinski definition) is 2. The Morgan fingerprint density at radius 1 is 1.25 bits per heavy atom. The van der Waals surface area contributed by atoms with Gasteiger partial charge in [-0.25, -0.2) is 4.79 Å². The number of anilines is 1. The van der Waals surface area contributed by atoms with Gasteiger partial charge in [-0.3, -0.25) is 0 Å². The highest BCUT2D eigenvalue weighted by Crippen LogP contribution is 2.26. The predicted molar refractivity (Wildman–Crippen MR) is 88.1 cm³/mol. The lowest BCUT2D eigenvalue weighted by molar-refractivity contribution is -0.127. The molecule has 0 aliphatic heterocycles. The summed E-state index contributed by atoms with van der Waals surface area (Å²) >= 11 is 0. The Morgan fingerprint density at radius 3 is 2.62 bits per heavy atom. The Bertz CT molecular complexity index is 560. The molecule has 2 amide bonds. The van der Waals surface area contributed by atoms with Crippen molar-refractivity contribution < 1.29 is 18.0 Å². The second-order valence-electron chi connectivity index (χ2n) is 6.53. The maximum atomic E-state index is 12.6. The van der Waals surface area contributed by atoms with E-state index in [1.54, 1.807) is 6.07 Å². The number of rotatable bonds is 4. The third-order valence-electron chi connectivity index (χ3n) is 4.37. The molecule has 1 aromatic carbocycles. The van der Waals surface area contributed by atoms with Gasteiger partial charge in [0.25, 0.3) is 0 Å². The summed E-state index contributed by atoms with van der Waals surface area (Å²) < 4.78 is 37.9. The first-order valence-electron chi connectivity index (χ1n) is 8.13. The summed E-state index contributed by atoms with van der Waals surface area (Å²) in [6.45, 7) is 0. The van der Waals surface area contributed by atoms with Crippen molar-refractivity contribution in [1.29, 1.82) is 0 Å². The molecule has 0 spiro atoms. The Hall–Kier alpha value is -1.76. The Balaban J connectivity index is 1.95. The van der Waals surface area contributed by atoms with Crippen molar-refractivity contribution in [2.75, 3.05) is 19.4 Å². The molecule has 2 rings (SSSR count). The molecule has 1 aliphatic carbocycles. The van der Waals surface area contributed by atoms with E-state index in [-0.39, 0.29) is 17.3 Å². The van der Waals surface area contributed by atoms with E-state index in [2.05, 4.69) is 15.5 Å². The average Bonchev–Trinajstić information content (AvgIpc) is 2.48. The molecule has 1 aliphatic rings. The third kappa shape index (κ3) is 5.70. The summed E-state index contributed by atoms with van der Waals surface area (Å²) in [6, 6.07) is 6.03. The van der Waals surface area contributed by atoms with Crippen molar-refractivity contribution in [3.8, 4) is 0 Å². The van der Waals surface area contributed by atoms with Gasteiger partial charge in [-0.15, -0.1) is 0 Å². The van der Waals surface area contributed by atoms with Gasteiger partial charge in [-0.2, -0.15) is 13.2 Å². The maximum absolute atomic E-state index is 12.6. The van der Waals surface area contributed by atoms with Crippen LogP contribution in [0.1, 0.15) is 31.2 Å². The van der Waals surface area contributed by atoms with E-state index in [1.165, 1.54) is 18.2 Å². The Labute approximate surface area is 140 Å². The highest BCUT2D eigenvalue weighted by atomic mass is 19.4. The maximum Gasteiger partial charge on any atom is 0.393 e. The first-order valence-corrected chi connectivity index (χ1v) is 8.13. The van der Waals surface area contributed by atoms with Crippen molar-refractivity contribution in [3.63, 3.8) is 0 Å². The number of nitrogens with one attached hydrogen (secondary N) is 2. The van der Waals surface area contributed by atoms with Crippen LogP contribution in [0.3, 0.4) is 0 Å². The number of para-hydroxylation sites is 1. The zero-order chi connectivity index (χ0) is 17.7. The third-order valence-corrected chi connectivity index (χ3v) is 4.37. The van der Waals surface area contributed by atoms with Crippen LogP contribution in [0.4, 0.5) is 23.7 Å². The number of carbonyl (C=O) groups excluding carboxylic acids is 1. The first kappa shape index (κ1) is 18.6. The van der Waals surface area contributed by atoms with Gasteiger partial charge in [0.05, 0.1) is 6.42 Å². The SMILES string of the molecule is CN(C)[C@H]1CCC[C@H](NC(=O)Nc2ccccc2CC(F)(F)F)C1. The normalized spacial score (nSPS) is 21.6. The van der Waals surface area contributed by atoms with E-state index in [1.807, 2.05) is 14.1 Å². The van der Waals surface area contributed by atoms with Gasteiger partial charge in [0, 0.05) is 17.8 Å². The lowest BCUT2D eigenvalue weighted by Gasteiger charge is -2.33. The first-order chi connectivity index (χ1) is 11.2. The minimum absolute atomic E-state index is 0.0425. The quantitative estimate of drug-likeness (QED) is 0.874. The zero-order valence-corrected chi connectivity index (χ0v) is 14.0. The van der Waals surface area contributed by atoms with Crippen LogP contribution in [-0.2, 0) is 6.42 Å². The Morgan fingerprint density at radius 2 is 1.96 bits per heavy atom. The van der Waals surface area contributed by atoms with Gasteiger partial charge >= 0.3 is 12.2 Å². The monoisotopic (exact) mass is 343 g/mol. The molecule has 7 heteroatoms. The smallest absolute Gasteiger partial charge is 0.335 e. The van der Waals surface area contributed by atoms with Crippen molar-refractivity contribution in [3.05, 3.63) is 29.8 Å². The van der Waals surface area contributed by atoms with Crippen molar-refractivity contribution >= 4 is 11.7 Å². The number of carbonyl (C=O) groups is 1. The number of nitrogens with zero attached hydrogens (tertiary/aromatic N) is 1. The zero-order valence-electron chi connectivity index (χ0n) is 14.0. The van der Waals surface area contributed by atoms with Crippen LogP contribution in [0.25, 0.3) is 0 Å². The second-order valence-corrected chi connectivity index (χ2v) is 6.53. The van der Waals surface area contributed by atoms with E-state index >= 15 is 0 Å². The van der Waals surface area contributed by atoms with Gasteiger partial charge < -0.3 is 15.5 Å². The fourth-order valence-electron chi connectivity index (χ4n) is 3.12. The van der Waals surface area contributed by atoms with Gasteiger partial charge in [0.1, 0.15) is 0 Å².